The number of rotatable bonds is 8. The van der Waals surface area contributed by atoms with Crippen molar-refractivity contribution < 1.29 is 18.8 Å². The lowest BCUT2D eigenvalue weighted by Crippen LogP contribution is -2.49. The van der Waals surface area contributed by atoms with Gasteiger partial charge in [-0.25, -0.2) is 4.39 Å². The maximum Gasteiger partial charge on any atom is 0.270 e. The van der Waals surface area contributed by atoms with Crippen LogP contribution in [-0.2, 0) is 11.2 Å². The SMILES string of the molecule is Cc1cccc(CCN(C(=O)c2snc(C(N)=O)c2N)C(C(=O)NC(C)(C)C)c2ccc(F)cc2)c1. The van der Waals surface area contributed by atoms with Crippen molar-refractivity contribution in [3.05, 3.63) is 81.6 Å². The monoisotopic (exact) mass is 511 g/mol. The number of carbonyl (C=O) groups excluding carboxylic acids is 3. The average molecular weight is 512 g/mol. The number of anilines is 1. The molecule has 3 rings (SSSR count). The van der Waals surface area contributed by atoms with Crippen LogP contribution in [0, 0.1) is 12.7 Å². The fourth-order valence-corrected chi connectivity index (χ4v) is 4.54. The quantitative estimate of drug-likeness (QED) is 0.425. The predicted octanol–water partition coefficient (Wildman–Crippen LogP) is 3.61. The zero-order valence-electron chi connectivity index (χ0n) is 20.7. The lowest BCUT2D eigenvalue weighted by molar-refractivity contribution is -0.127. The summed E-state index contributed by atoms with van der Waals surface area (Å²) in [6.45, 7) is 7.59. The van der Waals surface area contributed by atoms with E-state index in [9.17, 15) is 18.8 Å². The minimum absolute atomic E-state index is 0.00344. The first-order chi connectivity index (χ1) is 16.9. The number of benzene rings is 2. The second-order valence-electron chi connectivity index (χ2n) is 9.57. The third kappa shape index (κ3) is 6.45. The van der Waals surface area contributed by atoms with E-state index in [0.717, 1.165) is 22.7 Å². The highest BCUT2D eigenvalue weighted by Crippen LogP contribution is 2.30. The molecule has 3 aromatic rings. The summed E-state index contributed by atoms with van der Waals surface area (Å²) in [6, 6.07) is 12.1. The number of hydrogen-bond acceptors (Lipinski definition) is 6. The molecule has 10 heteroatoms. The zero-order valence-corrected chi connectivity index (χ0v) is 21.5. The Balaban J connectivity index is 2.10. The van der Waals surface area contributed by atoms with Crippen molar-refractivity contribution in [1.82, 2.24) is 14.6 Å². The van der Waals surface area contributed by atoms with Gasteiger partial charge in [0.2, 0.25) is 5.91 Å². The van der Waals surface area contributed by atoms with Gasteiger partial charge in [0.25, 0.3) is 11.8 Å². The first-order valence-corrected chi connectivity index (χ1v) is 12.1. The molecule has 0 radical (unpaired) electrons. The van der Waals surface area contributed by atoms with Crippen LogP contribution in [0.5, 0.6) is 0 Å². The minimum atomic E-state index is -1.10. The Morgan fingerprint density at radius 3 is 2.36 bits per heavy atom. The van der Waals surface area contributed by atoms with Gasteiger partial charge in [-0.1, -0.05) is 42.0 Å². The van der Waals surface area contributed by atoms with Gasteiger partial charge in [0, 0.05) is 12.1 Å². The van der Waals surface area contributed by atoms with Gasteiger partial charge in [-0.2, -0.15) is 4.37 Å². The number of nitrogens with one attached hydrogen (secondary N) is 1. The van der Waals surface area contributed by atoms with Crippen molar-refractivity contribution in [2.45, 2.75) is 45.7 Å². The number of nitrogen functional groups attached to an aromatic ring is 1. The summed E-state index contributed by atoms with van der Waals surface area (Å²) < 4.78 is 17.7. The highest BCUT2D eigenvalue weighted by molar-refractivity contribution is 7.09. The van der Waals surface area contributed by atoms with Gasteiger partial charge in [0.1, 0.15) is 16.7 Å². The van der Waals surface area contributed by atoms with Crippen LogP contribution in [0.4, 0.5) is 10.1 Å². The number of hydrogen-bond donors (Lipinski definition) is 3. The molecule has 0 saturated heterocycles. The van der Waals surface area contributed by atoms with E-state index >= 15 is 0 Å². The van der Waals surface area contributed by atoms with E-state index in [1.807, 2.05) is 52.0 Å². The number of amides is 3. The average Bonchev–Trinajstić information content (AvgIpc) is 3.17. The number of primary amides is 1. The summed E-state index contributed by atoms with van der Waals surface area (Å²) in [6.07, 6.45) is 0.440. The molecule has 3 amide bonds. The molecule has 0 spiro atoms. The molecule has 0 fully saturated rings. The number of aromatic nitrogens is 1. The zero-order chi connectivity index (χ0) is 26.6. The van der Waals surface area contributed by atoms with Crippen molar-refractivity contribution >= 4 is 34.9 Å². The third-order valence-electron chi connectivity index (χ3n) is 5.38. The molecule has 36 heavy (non-hydrogen) atoms. The largest absolute Gasteiger partial charge is 0.395 e. The maximum absolute atomic E-state index is 13.9. The summed E-state index contributed by atoms with van der Waals surface area (Å²) in [5.74, 6) is -2.34. The third-order valence-corrected chi connectivity index (χ3v) is 6.24. The number of nitrogens with two attached hydrogens (primary N) is 2. The lowest BCUT2D eigenvalue weighted by Gasteiger charge is -2.33. The van der Waals surface area contributed by atoms with Gasteiger partial charge in [-0.05, 0) is 68.9 Å². The molecule has 0 aliphatic rings. The topological polar surface area (TPSA) is 131 Å². The molecule has 0 aliphatic heterocycles. The second-order valence-corrected chi connectivity index (χ2v) is 10.3. The maximum atomic E-state index is 13.9. The summed E-state index contributed by atoms with van der Waals surface area (Å²) in [4.78, 5) is 40.5. The van der Waals surface area contributed by atoms with Crippen molar-refractivity contribution in [2.24, 2.45) is 5.73 Å². The van der Waals surface area contributed by atoms with Crippen LogP contribution >= 0.6 is 11.5 Å². The van der Waals surface area contributed by atoms with Crippen molar-refractivity contribution in [3.63, 3.8) is 0 Å². The van der Waals surface area contributed by atoms with Gasteiger partial charge >= 0.3 is 0 Å². The minimum Gasteiger partial charge on any atom is -0.395 e. The summed E-state index contributed by atoms with van der Waals surface area (Å²) >= 11 is 0.746. The Kier molecular flexibility index (Phi) is 8.09. The molecule has 190 valence electrons. The molecule has 1 unspecified atom stereocenters. The number of halogens is 1. The lowest BCUT2D eigenvalue weighted by atomic mass is 10.00. The van der Waals surface area contributed by atoms with E-state index in [4.69, 9.17) is 11.5 Å². The van der Waals surface area contributed by atoms with Crippen LogP contribution in [0.1, 0.15) is 63.7 Å². The molecular weight excluding hydrogens is 481 g/mol. The molecule has 2 aromatic carbocycles. The van der Waals surface area contributed by atoms with Gasteiger partial charge in [0.15, 0.2) is 5.69 Å². The van der Waals surface area contributed by atoms with E-state index in [0.29, 0.717) is 12.0 Å². The van der Waals surface area contributed by atoms with Crippen LogP contribution in [0.2, 0.25) is 0 Å². The number of nitrogens with zero attached hydrogens (tertiary/aromatic N) is 2. The van der Waals surface area contributed by atoms with E-state index in [1.165, 1.54) is 29.2 Å². The first kappa shape index (κ1) is 26.8. The fourth-order valence-electron chi connectivity index (χ4n) is 3.78. The Morgan fingerprint density at radius 1 is 1.14 bits per heavy atom. The predicted molar refractivity (Wildman–Crippen MR) is 138 cm³/mol. The van der Waals surface area contributed by atoms with Gasteiger partial charge in [-0.15, -0.1) is 0 Å². The Bertz CT molecular complexity index is 1270. The highest BCUT2D eigenvalue weighted by atomic mass is 32.1. The Morgan fingerprint density at radius 2 is 1.81 bits per heavy atom. The van der Waals surface area contributed by atoms with E-state index in [2.05, 4.69) is 9.69 Å². The van der Waals surface area contributed by atoms with Crippen molar-refractivity contribution in [1.29, 1.82) is 0 Å². The summed E-state index contributed by atoms with van der Waals surface area (Å²) in [7, 11) is 0. The summed E-state index contributed by atoms with van der Waals surface area (Å²) in [5, 5.41) is 2.92. The molecule has 1 atom stereocenters. The van der Waals surface area contributed by atoms with Crippen LogP contribution in [0.15, 0.2) is 48.5 Å². The smallest absolute Gasteiger partial charge is 0.270 e. The molecule has 5 N–H and O–H groups in total. The standard InChI is InChI=1S/C26H30FN5O3S/c1-15-6-5-7-16(14-15)12-13-32(25(35)22-19(28)20(23(29)33)31-36-22)21(24(34)30-26(2,3)4)17-8-10-18(27)11-9-17/h5-11,14,21H,12-13,28H2,1-4H3,(H2,29,33)(H,30,34). The van der Waals surface area contributed by atoms with E-state index in [-0.39, 0.29) is 22.8 Å². The molecule has 1 heterocycles. The molecular formula is C26H30FN5O3S. The van der Waals surface area contributed by atoms with Crippen LogP contribution < -0.4 is 16.8 Å². The van der Waals surface area contributed by atoms with Gasteiger partial charge in [-0.3, -0.25) is 14.4 Å². The summed E-state index contributed by atoms with van der Waals surface area (Å²) in [5.41, 5.74) is 12.9. The highest BCUT2D eigenvalue weighted by Gasteiger charge is 2.35. The number of carbonyl (C=O) groups is 3. The van der Waals surface area contributed by atoms with Crippen LogP contribution in [0.25, 0.3) is 0 Å². The van der Waals surface area contributed by atoms with Gasteiger partial charge in [0.05, 0.1) is 5.69 Å². The molecule has 8 nitrogen and oxygen atoms in total. The van der Waals surface area contributed by atoms with Gasteiger partial charge < -0.3 is 21.7 Å². The second kappa shape index (κ2) is 10.9. The van der Waals surface area contributed by atoms with Crippen LogP contribution in [-0.4, -0.2) is 39.1 Å². The van der Waals surface area contributed by atoms with E-state index in [1.54, 1.807) is 0 Å². The van der Waals surface area contributed by atoms with Crippen molar-refractivity contribution in [2.75, 3.05) is 12.3 Å². The molecule has 0 aliphatic carbocycles. The fraction of sp³-hybridized carbons (Fsp3) is 0.308. The van der Waals surface area contributed by atoms with Crippen LogP contribution in [0.3, 0.4) is 0 Å². The molecule has 0 bridgehead atoms. The number of aryl methyl sites for hydroxylation is 1. The normalized spacial score (nSPS) is 12.1. The molecule has 1 aromatic heterocycles. The molecule has 0 saturated carbocycles. The van der Waals surface area contributed by atoms with Crippen molar-refractivity contribution in [3.8, 4) is 0 Å². The first-order valence-electron chi connectivity index (χ1n) is 11.4. The Labute approximate surface area is 213 Å². The van der Waals surface area contributed by atoms with E-state index < -0.39 is 35.1 Å². The Hall–Kier alpha value is -3.79.